The predicted octanol–water partition coefficient (Wildman–Crippen LogP) is 0.859. The van der Waals surface area contributed by atoms with Crippen molar-refractivity contribution in [3.63, 3.8) is 0 Å². The molecule has 10 heteroatoms. The maximum absolute atomic E-state index is 11.8. The van der Waals surface area contributed by atoms with Crippen molar-refractivity contribution in [1.82, 2.24) is 5.48 Å². The smallest absolute Gasteiger partial charge is 0.744 e. The number of hydrogen-bond donors (Lipinski definition) is 1. The zero-order valence-corrected chi connectivity index (χ0v) is 21.4. The Morgan fingerprint density at radius 3 is 2.03 bits per heavy atom. The molecule has 0 saturated heterocycles. The number of carbonyl (C=O) groups excluding carboxylic acids is 2. The van der Waals surface area contributed by atoms with Crippen LogP contribution in [0.15, 0.2) is 29.2 Å². The van der Waals surface area contributed by atoms with Gasteiger partial charge in [-0.25, -0.2) is 8.42 Å². The van der Waals surface area contributed by atoms with Gasteiger partial charge in [0.25, 0.3) is 0 Å². The number of rotatable bonds is 16. The van der Waals surface area contributed by atoms with Crippen LogP contribution in [0.25, 0.3) is 0 Å². The van der Waals surface area contributed by atoms with Crippen molar-refractivity contribution in [2.24, 2.45) is 0 Å². The molecule has 0 aromatic heterocycles. The van der Waals surface area contributed by atoms with Gasteiger partial charge >= 0.3 is 41.5 Å². The summed E-state index contributed by atoms with van der Waals surface area (Å²) in [6, 6.07) is 4.74. The molecule has 1 aromatic rings. The van der Waals surface area contributed by atoms with Crippen molar-refractivity contribution >= 4 is 22.1 Å². The molecule has 0 aliphatic rings. The van der Waals surface area contributed by atoms with Crippen LogP contribution in [0.4, 0.5) is 0 Å². The van der Waals surface area contributed by atoms with Gasteiger partial charge in [0.2, 0.25) is 0 Å². The Hall–Kier alpha value is -0.970. The zero-order chi connectivity index (χ0) is 22.2. The molecule has 0 unspecified atom stereocenters. The van der Waals surface area contributed by atoms with Crippen molar-refractivity contribution in [2.75, 3.05) is 6.54 Å². The molecule has 1 rings (SSSR count). The number of hydroxylamine groups is 1. The number of ether oxygens (including phenoxy) is 1. The van der Waals surface area contributed by atoms with Crippen LogP contribution in [0.2, 0.25) is 0 Å². The number of esters is 1. The summed E-state index contributed by atoms with van der Waals surface area (Å²) in [7, 11) is -4.52. The molecule has 0 saturated carbocycles. The second-order valence-corrected chi connectivity index (χ2v) is 8.48. The molecular formula is C21H32NNaO7S. The van der Waals surface area contributed by atoms with Crippen molar-refractivity contribution in [3.8, 4) is 5.75 Å². The number of unbranched alkanes of at least 4 members (excludes halogenated alkanes) is 7. The summed E-state index contributed by atoms with van der Waals surface area (Å²) in [6.45, 7) is 2.69. The SMILES string of the molecule is CCCCCCCCC(=O)ONCCCCCC(=O)Oc1ccc(S(=O)(=O)[O-])cc1.[Na+]. The van der Waals surface area contributed by atoms with E-state index in [2.05, 4.69) is 12.4 Å². The van der Waals surface area contributed by atoms with E-state index in [9.17, 15) is 22.6 Å². The van der Waals surface area contributed by atoms with Crippen LogP contribution in [-0.2, 0) is 24.5 Å². The maximum atomic E-state index is 11.8. The maximum Gasteiger partial charge on any atom is 1.00 e. The molecule has 0 heterocycles. The number of benzene rings is 1. The van der Waals surface area contributed by atoms with Crippen LogP contribution >= 0.6 is 0 Å². The van der Waals surface area contributed by atoms with Crippen LogP contribution in [0.1, 0.15) is 77.6 Å². The average molecular weight is 466 g/mol. The van der Waals surface area contributed by atoms with E-state index in [-0.39, 0.29) is 52.6 Å². The van der Waals surface area contributed by atoms with E-state index in [1.54, 1.807) is 0 Å². The summed E-state index contributed by atoms with van der Waals surface area (Å²) in [5, 5.41) is 0. The van der Waals surface area contributed by atoms with Gasteiger partial charge in [0.1, 0.15) is 15.9 Å². The number of hydrogen-bond acceptors (Lipinski definition) is 8. The molecule has 0 aliphatic carbocycles. The molecule has 0 fully saturated rings. The summed E-state index contributed by atoms with van der Waals surface area (Å²) in [5.74, 6) is -0.498. The fourth-order valence-electron chi connectivity index (χ4n) is 2.73. The molecule has 1 N–H and O–H groups in total. The third kappa shape index (κ3) is 15.5. The van der Waals surface area contributed by atoms with E-state index in [1.807, 2.05) is 0 Å². The number of carbonyl (C=O) groups is 2. The van der Waals surface area contributed by atoms with Gasteiger partial charge in [-0.05, 0) is 43.5 Å². The van der Waals surface area contributed by atoms with Crippen LogP contribution in [0.3, 0.4) is 0 Å². The van der Waals surface area contributed by atoms with Crippen molar-refractivity contribution in [1.29, 1.82) is 0 Å². The summed E-state index contributed by atoms with van der Waals surface area (Å²) >= 11 is 0. The zero-order valence-electron chi connectivity index (χ0n) is 18.6. The molecule has 0 atom stereocenters. The minimum absolute atomic E-state index is 0. The Bertz CT molecular complexity index is 739. The van der Waals surface area contributed by atoms with E-state index < -0.39 is 16.1 Å². The molecule has 0 radical (unpaired) electrons. The topological polar surface area (TPSA) is 122 Å². The first-order valence-electron chi connectivity index (χ1n) is 10.5. The molecular weight excluding hydrogens is 433 g/mol. The first-order valence-corrected chi connectivity index (χ1v) is 11.9. The largest absolute Gasteiger partial charge is 1.00 e. The molecule has 31 heavy (non-hydrogen) atoms. The molecule has 0 spiro atoms. The average Bonchev–Trinajstić information content (AvgIpc) is 2.69. The molecule has 1 aromatic carbocycles. The Morgan fingerprint density at radius 1 is 0.871 bits per heavy atom. The van der Waals surface area contributed by atoms with E-state index in [1.165, 1.54) is 31.4 Å². The number of nitrogens with one attached hydrogen (secondary N) is 1. The summed E-state index contributed by atoms with van der Waals surface area (Å²) in [5.41, 5.74) is 2.65. The second kappa shape index (κ2) is 17.6. The first-order chi connectivity index (χ1) is 14.3. The molecule has 8 nitrogen and oxygen atoms in total. The normalized spacial score (nSPS) is 10.9. The second-order valence-electron chi connectivity index (χ2n) is 7.10. The van der Waals surface area contributed by atoms with E-state index >= 15 is 0 Å². The Morgan fingerprint density at radius 2 is 1.42 bits per heavy atom. The van der Waals surface area contributed by atoms with Crippen molar-refractivity contribution in [2.45, 2.75) is 82.4 Å². The van der Waals surface area contributed by atoms with Crippen LogP contribution in [-0.4, -0.2) is 31.5 Å². The van der Waals surface area contributed by atoms with Gasteiger partial charge in [0, 0.05) is 19.4 Å². The van der Waals surface area contributed by atoms with E-state index in [0.717, 1.165) is 44.2 Å². The predicted molar refractivity (Wildman–Crippen MR) is 111 cm³/mol. The third-order valence-corrected chi connectivity index (χ3v) is 5.27. The van der Waals surface area contributed by atoms with Crippen LogP contribution < -0.4 is 39.8 Å². The third-order valence-electron chi connectivity index (χ3n) is 4.42. The fourth-order valence-corrected chi connectivity index (χ4v) is 3.20. The van der Waals surface area contributed by atoms with Crippen molar-refractivity contribution in [3.05, 3.63) is 24.3 Å². The van der Waals surface area contributed by atoms with E-state index in [0.29, 0.717) is 19.4 Å². The summed E-state index contributed by atoms with van der Waals surface area (Å²) < 4.78 is 37.6. The summed E-state index contributed by atoms with van der Waals surface area (Å²) in [4.78, 5) is 27.9. The van der Waals surface area contributed by atoms with Gasteiger partial charge in [-0.2, -0.15) is 5.48 Å². The van der Waals surface area contributed by atoms with Crippen LogP contribution in [0, 0.1) is 0 Å². The quantitative estimate of drug-likeness (QED) is 0.0953. The molecule has 0 amide bonds. The van der Waals surface area contributed by atoms with Gasteiger partial charge in [0.15, 0.2) is 0 Å². The van der Waals surface area contributed by atoms with Crippen molar-refractivity contribution < 1.29 is 61.7 Å². The molecule has 170 valence electrons. The Labute approximate surface area is 207 Å². The fraction of sp³-hybridized carbons (Fsp3) is 0.619. The van der Waals surface area contributed by atoms with Gasteiger partial charge in [0.05, 0.1) is 4.90 Å². The minimum Gasteiger partial charge on any atom is -0.744 e. The Kier molecular flexibility index (Phi) is 17.0. The van der Waals surface area contributed by atoms with Gasteiger partial charge in [-0.15, -0.1) is 0 Å². The van der Waals surface area contributed by atoms with E-state index in [4.69, 9.17) is 9.57 Å². The first kappa shape index (κ1) is 30.0. The van der Waals surface area contributed by atoms with Crippen LogP contribution in [0.5, 0.6) is 5.75 Å². The van der Waals surface area contributed by atoms with Gasteiger partial charge in [-0.1, -0.05) is 45.4 Å². The van der Waals surface area contributed by atoms with Gasteiger partial charge < -0.3 is 14.1 Å². The summed E-state index contributed by atoms with van der Waals surface area (Å²) in [6.07, 6.45) is 9.46. The molecule has 0 aliphatic heterocycles. The monoisotopic (exact) mass is 465 g/mol. The standard InChI is InChI=1S/C21H33NO7S.Na/c1-2-3-4-5-6-8-12-21(24)29-22-17-10-7-9-11-20(23)28-18-13-15-19(16-14-18)30(25,26)27;/h13-16,22H,2-12,17H2,1H3,(H,25,26,27);/q;+1/p-1. The Balaban J connectivity index is 0.00000900. The minimum atomic E-state index is -4.52. The van der Waals surface area contributed by atoms with Gasteiger partial charge in [-0.3, -0.25) is 9.59 Å². The molecule has 0 bridgehead atoms.